The number of pyridine rings is 2. The van der Waals surface area contributed by atoms with Gasteiger partial charge in [-0.2, -0.15) is 0 Å². The molecular formula is C35H51F2N5O. The van der Waals surface area contributed by atoms with Gasteiger partial charge in [-0.3, -0.25) is 4.79 Å². The van der Waals surface area contributed by atoms with E-state index in [2.05, 4.69) is 28.3 Å². The summed E-state index contributed by atoms with van der Waals surface area (Å²) in [7, 11) is 0. The van der Waals surface area contributed by atoms with E-state index in [0.29, 0.717) is 37.0 Å². The van der Waals surface area contributed by atoms with Gasteiger partial charge in [0.15, 0.2) is 0 Å². The zero-order valence-electron chi connectivity index (χ0n) is 26.4. The molecular weight excluding hydrogens is 544 g/mol. The Balaban J connectivity index is 1.26. The molecule has 0 bridgehead atoms. The molecule has 2 aromatic heterocycles. The minimum atomic E-state index is -2.71. The molecule has 0 radical (unpaired) electrons. The average molecular weight is 596 g/mol. The summed E-state index contributed by atoms with van der Waals surface area (Å²) in [6.07, 6.45) is 20.4. The summed E-state index contributed by atoms with van der Waals surface area (Å²) in [5, 5.41) is 3.26. The molecule has 2 aliphatic heterocycles. The normalized spacial score (nSPS) is 16.4. The molecule has 8 heteroatoms. The maximum absolute atomic E-state index is 14.0. The van der Waals surface area contributed by atoms with Crippen molar-refractivity contribution in [2.24, 2.45) is 0 Å². The van der Waals surface area contributed by atoms with Crippen LogP contribution in [0.2, 0.25) is 0 Å². The molecule has 236 valence electrons. The minimum absolute atomic E-state index is 0.167. The second-order valence-corrected chi connectivity index (χ2v) is 12.4. The fraction of sp³-hybridized carbons (Fsp3) is 0.629. The molecule has 0 aromatic carbocycles. The van der Waals surface area contributed by atoms with Crippen molar-refractivity contribution in [2.75, 3.05) is 36.4 Å². The number of carbonyl (C=O) groups is 1. The fourth-order valence-electron chi connectivity index (χ4n) is 6.03. The predicted molar refractivity (Wildman–Crippen MR) is 173 cm³/mol. The third-order valence-electron chi connectivity index (χ3n) is 8.65. The van der Waals surface area contributed by atoms with Gasteiger partial charge in [-0.25, -0.2) is 18.7 Å². The monoisotopic (exact) mass is 595 g/mol. The van der Waals surface area contributed by atoms with E-state index >= 15 is 0 Å². The first-order chi connectivity index (χ1) is 20.8. The van der Waals surface area contributed by atoms with Crippen molar-refractivity contribution in [2.45, 2.75) is 116 Å². The lowest BCUT2D eigenvalue weighted by Crippen LogP contribution is -2.34. The van der Waals surface area contributed by atoms with Gasteiger partial charge in [-0.1, -0.05) is 83.6 Å². The van der Waals surface area contributed by atoms with E-state index < -0.39 is 5.92 Å². The molecule has 1 fully saturated rings. The van der Waals surface area contributed by atoms with Crippen LogP contribution in [0.25, 0.3) is 5.57 Å². The Hall–Kier alpha value is -3.03. The van der Waals surface area contributed by atoms with E-state index in [9.17, 15) is 13.6 Å². The second-order valence-electron chi connectivity index (χ2n) is 12.4. The van der Waals surface area contributed by atoms with Crippen LogP contribution >= 0.6 is 0 Å². The standard InChI is InChI=1S/C35H51F2N5O/c1-3-4-5-6-7-8-9-10-11-12-13-14-15-34(43)41-21-17-29(18-22-41)30-25-32(39-31-24-28(2)16-20-38-31)40-33(26-30)42-23-19-35(36,37)27-42/h16-17,20,24-26H,3-15,18-19,21-23,27H2,1-2H3,(H,38,39,40). The molecule has 1 N–H and O–H groups in total. The molecule has 6 nitrogen and oxygen atoms in total. The van der Waals surface area contributed by atoms with E-state index in [1.54, 1.807) is 11.1 Å². The molecule has 1 amide bonds. The van der Waals surface area contributed by atoms with Crippen LogP contribution in [-0.2, 0) is 4.79 Å². The average Bonchev–Trinajstić information content (AvgIpc) is 3.37. The number of aryl methyl sites for hydroxylation is 1. The summed E-state index contributed by atoms with van der Waals surface area (Å²) < 4.78 is 28.1. The Bertz CT molecular complexity index is 1200. The quantitative estimate of drug-likeness (QED) is 0.185. The first-order valence-corrected chi connectivity index (χ1v) is 16.6. The van der Waals surface area contributed by atoms with Crippen molar-refractivity contribution in [3.05, 3.63) is 47.7 Å². The number of rotatable bonds is 17. The zero-order valence-corrected chi connectivity index (χ0v) is 26.4. The maximum Gasteiger partial charge on any atom is 0.266 e. The highest BCUT2D eigenvalue weighted by Gasteiger charge is 2.39. The third kappa shape index (κ3) is 10.9. The van der Waals surface area contributed by atoms with E-state index in [-0.39, 0.29) is 25.4 Å². The number of anilines is 3. The van der Waals surface area contributed by atoms with Gasteiger partial charge in [0.25, 0.3) is 5.92 Å². The molecule has 2 aromatic rings. The zero-order chi connectivity index (χ0) is 30.5. The number of nitrogens with zero attached hydrogens (tertiary/aromatic N) is 4. The number of amides is 1. The SMILES string of the molecule is CCCCCCCCCCCCCCC(=O)N1CC=C(c2cc(Nc3cc(C)ccn3)nc(N3CCC(F)(F)C3)c2)CC1. The summed E-state index contributed by atoms with van der Waals surface area (Å²) >= 11 is 0. The van der Waals surface area contributed by atoms with Crippen LogP contribution in [0, 0.1) is 6.92 Å². The van der Waals surface area contributed by atoms with Gasteiger partial charge in [0.05, 0.1) is 6.54 Å². The summed E-state index contributed by atoms with van der Waals surface area (Å²) in [5.41, 5.74) is 3.13. The maximum atomic E-state index is 14.0. The number of hydrogen-bond donors (Lipinski definition) is 1. The van der Waals surface area contributed by atoms with Crippen molar-refractivity contribution in [3.63, 3.8) is 0 Å². The lowest BCUT2D eigenvalue weighted by Gasteiger charge is -2.27. The molecule has 43 heavy (non-hydrogen) atoms. The van der Waals surface area contributed by atoms with Gasteiger partial charge < -0.3 is 15.1 Å². The summed E-state index contributed by atoms with van der Waals surface area (Å²) in [6, 6.07) is 7.71. The number of alkyl halides is 2. The topological polar surface area (TPSA) is 61.4 Å². The molecule has 4 heterocycles. The van der Waals surface area contributed by atoms with Gasteiger partial charge in [-0.15, -0.1) is 0 Å². The van der Waals surface area contributed by atoms with Gasteiger partial charge in [0.2, 0.25) is 5.91 Å². The molecule has 0 saturated carbocycles. The highest BCUT2D eigenvalue weighted by atomic mass is 19.3. The third-order valence-corrected chi connectivity index (χ3v) is 8.65. The summed E-state index contributed by atoms with van der Waals surface area (Å²) in [6.45, 7) is 5.44. The van der Waals surface area contributed by atoms with Crippen LogP contribution in [0.3, 0.4) is 0 Å². The minimum Gasteiger partial charge on any atom is -0.350 e. The first-order valence-electron chi connectivity index (χ1n) is 16.6. The van der Waals surface area contributed by atoms with E-state index in [1.807, 2.05) is 36.1 Å². The number of aromatic nitrogens is 2. The van der Waals surface area contributed by atoms with Crippen LogP contribution in [0.1, 0.15) is 114 Å². The van der Waals surface area contributed by atoms with E-state index in [1.165, 1.54) is 64.2 Å². The van der Waals surface area contributed by atoms with Crippen molar-refractivity contribution < 1.29 is 13.6 Å². The van der Waals surface area contributed by atoms with Gasteiger partial charge in [0, 0.05) is 38.7 Å². The lowest BCUT2D eigenvalue weighted by atomic mass is 9.99. The van der Waals surface area contributed by atoms with Crippen LogP contribution < -0.4 is 10.2 Å². The van der Waals surface area contributed by atoms with E-state index in [0.717, 1.165) is 36.0 Å². The largest absolute Gasteiger partial charge is 0.350 e. The van der Waals surface area contributed by atoms with Gasteiger partial charge >= 0.3 is 0 Å². The van der Waals surface area contributed by atoms with Crippen LogP contribution in [-0.4, -0.2) is 52.9 Å². The van der Waals surface area contributed by atoms with Crippen molar-refractivity contribution >= 4 is 28.9 Å². The van der Waals surface area contributed by atoms with E-state index in [4.69, 9.17) is 0 Å². The van der Waals surface area contributed by atoms with Gasteiger partial charge in [-0.05, 0) is 60.7 Å². The van der Waals surface area contributed by atoms with Crippen molar-refractivity contribution in [3.8, 4) is 0 Å². The number of nitrogens with one attached hydrogen (secondary N) is 1. The molecule has 0 unspecified atom stereocenters. The van der Waals surface area contributed by atoms with Gasteiger partial charge in [0.1, 0.15) is 17.5 Å². The Labute approximate surface area is 257 Å². The Morgan fingerprint density at radius 2 is 1.63 bits per heavy atom. The fourth-order valence-corrected chi connectivity index (χ4v) is 6.03. The predicted octanol–water partition coefficient (Wildman–Crippen LogP) is 9.08. The van der Waals surface area contributed by atoms with Crippen molar-refractivity contribution in [1.82, 2.24) is 14.9 Å². The number of carbonyl (C=O) groups excluding carboxylic acids is 1. The number of hydrogen-bond acceptors (Lipinski definition) is 5. The first kappa shape index (κ1) is 32.9. The smallest absolute Gasteiger partial charge is 0.266 e. The molecule has 0 atom stereocenters. The molecule has 0 aliphatic carbocycles. The molecule has 2 aliphatic rings. The number of unbranched alkanes of at least 4 members (excludes halogenated alkanes) is 11. The van der Waals surface area contributed by atoms with Crippen molar-refractivity contribution in [1.29, 1.82) is 0 Å². The molecule has 1 saturated heterocycles. The Kier molecular flexibility index (Phi) is 12.8. The Morgan fingerprint density at radius 1 is 0.930 bits per heavy atom. The number of halogens is 2. The highest BCUT2D eigenvalue weighted by Crippen LogP contribution is 2.34. The Morgan fingerprint density at radius 3 is 2.23 bits per heavy atom. The van der Waals surface area contributed by atoms with Crippen LogP contribution in [0.4, 0.5) is 26.2 Å². The second kappa shape index (κ2) is 16.7. The molecule has 0 spiro atoms. The molecule has 4 rings (SSSR count). The lowest BCUT2D eigenvalue weighted by molar-refractivity contribution is -0.130. The highest BCUT2D eigenvalue weighted by molar-refractivity contribution is 5.79. The van der Waals surface area contributed by atoms with Crippen LogP contribution in [0.15, 0.2) is 36.5 Å². The summed E-state index contributed by atoms with van der Waals surface area (Å²) in [4.78, 5) is 25.5. The summed E-state index contributed by atoms with van der Waals surface area (Å²) in [5.74, 6) is -0.704. The van der Waals surface area contributed by atoms with Crippen LogP contribution in [0.5, 0.6) is 0 Å².